The Hall–Kier alpha value is -1.31. The van der Waals surface area contributed by atoms with Crippen molar-refractivity contribution in [2.24, 2.45) is 0 Å². The van der Waals surface area contributed by atoms with Gasteiger partial charge in [-0.2, -0.15) is 5.53 Å². The van der Waals surface area contributed by atoms with Crippen LogP contribution in [0.2, 0.25) is 0 Å². The Labute approximate surface area is 79.8 Å². The maximum atomic E-state index is 11.0. The summed E-state index contributed by atoms with van der Waals surface area (Å²) in [4.78, 5) is 30.7. The molecule has 0 radical (unpaired) electrons. The summed E-state index contributed by atoms with van der Waals surface area (Å²) in [5, 5.41) is 7.42. The quantitative estimate of drug-likeness (QED) is 0.346. The van der Waals surface area contributed by atoms with Gasteiger partial charge in [-0.15, -0.1) is 0 Å². The van der Waals surface area contributed by atoms with E-state index in [4.69, 9.17) is 9.90 Å². The molecule has 7 nitrogen and oxygen atoms in total. The molecular formula is C7H11N3O4. The largest absolute Gasteiger partial charge is 0.481 e. The fraction of sp³-hybridized carbons (Fsp3) is 0.571. The molecule has 1 aliphatic carbocycles. The number of rotatable bonds is 0. The minimum absolute atomic E-state index is 0.00787. The van der Waals surface area contributed by atoms with Gasteiger partial charge in [-0.1, -0.05) is 0 Å². The van der Waals surface area contributed by atoms with Gasteiger partial charge in [0.25, 0.3) is 5.97 Å². The molecule has 1 saturated heterocycles. The third-order valence-corrected chi connectivity index (χ3v) is 1.85. The average Bonchev–Trinajstić information content (AvgIpc) is 2.23. The SMILES string of the molecule is CC(=O)O.O=C1CC(=O)C2(C1)NNN2. The highest BCUT2D eigenvalue weighted by atomic mass is 16.4. The highest BCUT2D eigenvalue weighted by Gasteiger charge is 2.50. The lowest BCUT2D eigenvalue weighted by molar-refractivity contribution is -0.134. The fourth-order valence-electron chi connectivity index (χ4n) is 1.23. The monoisotopic (exact) mass is 201 g/mol. The van der Waals surface area contributed by atoms with Crippen LogP contribution in [0.5, 0.6) is 0 Å². The van der Waals surface area contributed by atoms with Crippen molar-refractivity contribution in [3.63, 3.8) is 0 Å². The number of hydrogen-bond acceptors (Lipinski definition) is 6. The smallest absolute Gasteiger partial charge is 0.300 e. The van der Waals surface area contributed by atoms with E-state index < -0.39 is 11.6 Å². The minimum atomic E-state index is -0.833. The number of carbonyl (C=O) groups excluding carboxylic acids is 2. The second kappa shape index (κ2) is 3.82. The summed E-state index contributed by atoms with van der Waals surface area (Å²) >= 11 is 0. The lowest BCUT2D eigenvalue weighted by Crippen LogP contribution is -2.81. The van der Waals surface area contributed by atoms with Crippen molar-refractivity contribution >= 4 is 17.5 Å². The summed E-state index contributed by atoms with van der Waals surface area (Å²) in [6.45, 7) is 1.08. The fourth-order valence-corrected chi connectivity index (χ4v) is 1.23. The van der Waals surface area contributed by atoms with E-state index in [1.807, 2.05) is 0 Å². The standard InChI is InChI=1S/C5H7N3O2.C2H4O2/c9-3-1-4(10)5(2-3)6-8-7-5;1-2(3)4/h6-8H,1-2H2;1H3,(H,3,4). The van der Waals surface area contributed by atoms with E-state index in [-0.39, 0.29) is 24.4 Å². The molecule has 1 aliphatic heterocycles. The molecule has 2 rings (SSSR count). The zero-order valence-electron chi connectivity index (χ0n) is 7.59. The summed E-state index contributed by atoms with van der Waals surface area (Å²) in [6, 6.07) is 0. The molecule has 7 heteroatoms. The predicted octanol–water partition coefficient (Wildman–Crippen LogP) is -1.68. The Morgan fingerprint density at radius 2 is 1.93 bits per heavy atom. The summed E-state index contributed by atoms with van der Waals surface area (Å²) in [6.07, 6.45) is 0.320. The van der Waals surface area contributed by atoms with Crippen LogP contribution in [0.1, 0.15) is 19.8 Å². The van der Waals surface area contributed by atoms with Crippen LogP contribution >= 0.6 is 0 Å². The molecule has 0 amide bonds. The van der Waals surface area contributed by atoms with Crippen molar-refractivity contribution in [1.82, 2.24) is 16.4 Å². The Bertz CT molecular complexity index is 281. The number of carbonyl (C=O) groups is 3. The summed E-state index contributed by atoms with van der Waals surface area (Å²) in [5.74, 6) is -0.914. The van der Waals surface area contributed by atoms with Crippen molar-refractivity contribution in [2.45, 2.75) is 25.4 Å². The van der Waals surface area contributed by atoms with Gasteiger partial charge < -0.3 is 5.11 Å². The van der Waals surface area contributed by atoms with Crippen LogP contribution < -0.4 is 16.4 Å². The number of carboxylic acids is 1. The first kappa shape index (κ1) is 10.8. The number of nitrogens with one attached hydrogen (secondary N) is 3. The van der Waals surface area contributed by atoms with E-state index in [0.29, 0.717) is 0 Å². The average molecular weight is 201 g/mol. The molecule has 1 saturated carbocycles. The predicted molar refractivity (Wildman–Crippen MR) is 44.7 cm³/mol. The topological polar surface area (TPSA) is 108 Å². The van der Waals surface area contributed by atoms with Gasteiger partial charge in [-0.3, -0.25) is 14.4 Å². The van der Waals surface area contributed by atoms with Gasteiger partial charge in [0, 0.05) is 13.3 Å². The van der Waals surface area contributed by atoms with Gasteiger partial charge in [0.15, 0.2) is 11.4 Å². The molecule has 0 aromatic heterocycles. The highest BCUT2D eigenvalue weighted by molar-refractivity contribution is 6.11. The molecular weight excluding hydrogens is 190 g/mol. The van der Waals surface area contributed by atoms with Crippen molar-refractivity contribution < 1.29 is 19.5 Å². The van der Waals surface area contributed by atoms with Crippen molar-refractivity contribution in [3.8, 4) is 0 Å². The molecule has 0 bridgehead atoms. The van der Waals surface area contributed by atoms with Gasteiger partial charge in [-0.05, 0) is 0 Å². The molecule has 1 spiro atoms. The van der Waals surface area contributed by atoms with Crippen LogP contribution in [-0.4, -0.2) is 28.3 Å². The van der Waals surface area contributed by atoms with E-state index in [1.165, 1.54) is 0 Å². The Morgan fingerprint density at radius 1 is 1.43 bits per heavy atom. The van der Waals surface area contributed by atoms with E-state index >= 15 is 0 Å². The molecule has 0 aromatic rings. The molecule has 0 aromatic carbocycles. The van der Waals surface area contributed by atoms with Crippen LogP contribution in [0.25, 0.3) is 0 Å². The Kier molecular flexibility index (Phi) is 2.94. The van der Waals surface area contributed by atoms with Gasteiger partial charge >= 0.3 is 0 Å². The highest BCUT2D eigenvalue weighted by Crippen LogP contribution is 2.22. The Morgan fingerprint density at radius 3 is 2.07 bits per heavy atom. The van der Waals surface area contributed by atoms with E-state index in [0.717, 1.165) is 6.92 Å². The summed E-state index contributed by atoms with van der Waals surface area (Å²) < 4.78 is 0. The van der Waals surface area contributed by atoms with Crippen LogP contribution in [0.3, 0.4) is 0 Å². The molecule has 14 heavy (non-hydrogen) atoms. The molecule has 2 fully saturated rings. The first-order valence-corrected chi connectivity index (χ1v) is 4.00. The van der Waals surface area contributed by atoms with Crippen LogP contribution in [-0.2, 0) is 14.4 Å². The molecule has 1 heterocycles. The third-order valence-electron chi connectivity index (χ3n) is 1.85. The van der Waals surface area contributed by atoms with Crippen molar-refractivity contribution in [3.05, 3.63) is 0 Å². The second-order valence-corrected chi connectivity index (χ2v) is 3.11. The number of ketones is 2. The molecule has 0 atom stereocenters. The second-order valence-electron chi connectivity index (χ2n) is 3.11. The van der Waals surface area contributed by atoms with Gasteiger partial charge in [-0.25, -0.2) is 10.9 Å². The summed E-state index contributed by atoms with van der Waals surface area (Å²) in [7, 11) is 0. The number of hydrogen-bond donors (Lipinski definition) is 4. The van der Waals surface area contributed by atoms with E-state index in [9.17, 15) is 9.59 Å². The van der Waals surface area contributed by atoms with E-state index in [2.05, 4.69) is 16.4 Å². The van der Waals surface area contributed by atoms with Crippen molar-refractivity contribution in [2.75, 3.05) is 0 Å². The first-order chi connectivity index (χ1) is 6.46. The number of Topliss-reactive ketones (excluding diaryl/α,β-unsaturated/α-hetero) is 2. The first-order valence-electron chi connectivity index (χ1n) is 4.00. The zero-order valence-corrected chi connectivity index (χ0v) is 7.59. The normalized spacial score (nSPS) is 22.6. The van der Waals surface area contributed by atoms with Gasteiger partial charge in [0.05, 0.1) is 6.42 Å². The Balaban J connectivity index is 0.000000213. The maximum Gasteiger partial charge on any atom is 0.300 e. The molecule has 78 valence electrons. The van der Waals surface area contributed by atoms with E-state index in [1.54, 1.807) is 0 Å². The van der Waals surface area contributed by atoms with Gasteiger partial charge in [0.1, 0.15) is 5.78 Å². The lowest BCUT2D eigenvalue weighted by Gasteiger charge is -2.38. The van der Waals surface area contributed by atoms with Crippen LogP contribution in [0, 0.1) is 0 Å². The zero-order chi connectivity index (χ0) is 10.8. The van der Waals surface area contributed by atoms with Gasteiger partial charge in [0.2, 0.25) is 0 Å². The molecule has 4 N–H and O–H groups in total. The van der Waals surface area contributed by atoms with Crippen LogP contribution in [0.15, 0.2) is 0 Å². The minimum Gasteiger partial charge on any atom is -0.481 e. The molecule has 0 unspecified atom stereocenters. The maximum absolute atomic E-state index is 11.0. The number of carboxylic acid groups (broad SMARTS) is 1. The molecule has 2 aliphatic rings. The number of aliphatic carboxylic acids is 1. The third kappa shape index (κ3) is 2.13. The van der Waals surface area contributed by atoms with Crippen molar-refractivity contribution in [1.29, 1.82) is 0 Å². The lowest BCUT2D eigenvalue weighted by atomic mass is 10.1. The van der Waals surface area contributed by atoms with Crippen LogP contribution in [0.4, 0.5) is 0 Å². The number of hydrazine groups is 2. The summed E-state index contributed by atoms with van der Waals surface area (Å²) in [5.41, 5.74) is 7.11.